The van der Waals surface area contributed by atoms with Crippen LogP contribution in [0.4, 0.5) is 0 Å². The highest BCUT2D eigenvalue weighted by atomic mass is 127. The van der Waals surface area contributed by atoms with Crippen LogP contribution in [0.2, 0.25) is 0 Å². The summed E-state index contributed by atoms with van der Waals surface area (Å²) in [5, 5.41) is 3.38. The van der Waals surface area contributed by atoms with Crippen molar-refractivity contribution in [3.63, 3.8) is 0 Å². The van der Waals surface area contributed by atoms with Crippen LogP contribution in [0.1, 0.15) is 12.8 Å². The first-order valence-electron chi connectivity index (χ1n) is 8.83. The number of ether oxygens (including phenoxy) is 3. The number of nitrogens with zero attached hydrogens (tertiary/aromatic N) is 2. The highest BCUT2D eigenvalue weighted by Crippen LogP contribution is 2.21. The normalized spacial score (nSPS) is 23.5. The summed E-state index contributed by atoms with van der Waals surface area (Å²) in [6, 6.07) is 7.86. The fraction of sp³-hybridized carbons (Fsp3) is 0.611. The Morgan fingerprint density at radius 3 is 2.92 bits per heavy atom. The maximum absolute atomic E-state index is 5.90. The molecule has 0 saturated carbocycles. The molecule has 2 atom stereocenters. The second kappa shape index (κ2) is 11.3. The van der Waals surface area contributed by atoms with Crippen molar-refractivity contribution in [1.82, 2.24) is 10.2 Å². The minimum Gasteiger partial charge on any atom is -0.492 e. The lowest BCUT2D eigenvalue weighted by atomic mass is 10.1. The van der Waals surface area contributed by atoms with E-state index in [1.807, 2.05) is 31.3 Å². The smallest absolute Gasteiger partial charge is 0.193 e. The molecule has 6 nitrogen and oxygen atoms in total. The minimum atomic E-state index is 0. The number of hydrogen-bond acceptors (Lipinski definition) is 4. The lowest BCUT2D eigenvalue weighted by Gasteiger charge is -2.37. The van der Waals surface area contributed by atoms with Gasteiger partial charge in [-0.3, -0.25) is 4.99 Å². The molecule has 26 heavy (non-hydrogen) atoms. The molecule has 2 aliphatic rings. The number of halogens is 2. The summed E-state index contributed by atoms with van der Waals surface area (Å²) in [5.74, 6) is 1.75. The molecular formula is C18H27BrIN3O3. The molecule has 0 aromatic heterocycles. The summed E-state index contributed by atoms with van der Waals surface area (Å²) in [4.78, 5) is 6.65. The molecule has 0 aliphatic carbocycles. The number of nitrogens with one attached hydrogen (secondary N) is 1. The Bertz CT molecular complexity index is 585. The van der Waals surface area contributed by atoms with E-state index in [-0.39, 0.29) is 36.2 Å². The fourth-order valence-corrected chi connectivity index (χ4v) is 3.59. The van der Waals surface area contributed by atoms with Crippen LogP contribution in [-0.2, 0) is 9.47 Å². The van der Waals surface area contributed by atoms with Gasteiger partial charge in [-0.1, -0.05) is 22.0 Å². The molecule has 0 bridgehead atoms. The SMILES string of the molecule is CN=C(NCCOc1cccc(Br)c1)N1CCOC(C2CCCO2)C1.I. The summed E-state index contributed by atoms with van der Waals surface area (Å²) in [7, 11) is 1.81. The summed E-state index contributed by atoms with van der Waals surface area (Å²) in [6.45, 7) is 4.49. The van der Waals surface area contributed by atoms with Gasteiger partial charge in [0.2, 0.25) is 0 Å². The summed E-state index contributed by atoms with van der Waals surface area (Å²) >= 11 is 3.45. The maximum Gasteiger partial charge on any atom is 0.193 e. The Kier molecular flexibility index (Phi) is 9.44. The van der Waals surface area contributed by atoms with E-state index in [1.54, 1.807) is 0 Å². The van der Waals surface area contributed by atoms with E-state index in [1.165, 1.54) is 0 Å². The average molecular weight is 540 g/mol. The molecule has 2 heterocycles. The van der Waals surface area contributed by atoms with Crippen LogP contribution in [0.25, 0.3) is 0 Å². The van der Waals surface area contributed by atoms with Crippen LogP contribution in [0.5, 0.6) is 5.75 Å². The molecule has 0 radical (unpaired) electrons. The number of benzene rings is 1. The van der Waals surface area contributed by atoms with Gasteiger partial charge in [-0.15, -0.1) is 24.0 Å². The zero-order chi connectivity index (χ0) is 17.5. The van der Waals surface area contributed by atoms with Crippen LogP contribution in [0, 0.1) is 0 Å². The van der Waals surface area contributed by atoms with Crippen molar-refractivity contribution in [2.24, 2.45) is 4.99 Å². The van der Waals surface area contributed by atoms with Crippen molar-refractivity contribution in [3.05, 3.63) is 28.7 Å². The predicted octanol–water partition coefficient (Wildman–Crippen LogP) is 2.90. The Hall–Kier alpha value is -0.580. The second-order valence-corrected chi connectivity index (χ2v) is 7.10. The third-order valence-corrected chi connectivity index (χ3v) is 4.93. The zero-order valence-electron chi connectivity index (χ0n) is 15.0. The van der Waals surface area contributed by atoms with Crippen LogP contribution in [0.3, 0.4) is 0 Å². The Morgan fingerprint density at radius 2 is 2.19 bits per heavy atom. The summed E-state index contributed by atoms with van der Waals surface area (Å²) in [6.07, 6.45) is 2.57. The van der Waals surface area contributed by atoms with Gasteiger partial charge in [0, 0.05) is 31.2 Å². The number of guanidine groups is 1. The van der Waals surface area contributed by atoms with Crippen molar-refractivity contribution < 1.29 is 14.2 Å². The van der Waals surface area contributed by atoms with Gasteiger partial charge >= 0.3 is 0 Å². The Labute approximate surface area is 180 Å². The van der Waals surface area contributed by atoms with Gasteiger partial charge in [0.05, 0.1) is 19.3 Å². The zero-order valence-corrected chi connectivity index (χ0v) is 18.9. The molecule has 2 saturated heterocycles. The maximum atomic E-state index is 5.90. The standard InChI is InChI=1S/C18H26BrN3O3.HI/c1-20-18(21-7-10-23-15-5-2-4-14(19)12-15)22-8-11-25-17(13-22)16-6-3-9-24-16;/h2,4-5,12,16-17H,3,6-11,13H2,1H3,(H,20,21);1H. The molecule has 0 amide bonds. The largest absolute Gasteiger partial charge is 0.492 e. The van der Waals surface area contributed by atoms with Gasteiger partial charge in [-0.25, -0.2) is 0 Å². The van der Waals surface area contributed by atoms with Gasteiger partial charge in [0.15, 0.2) is 5.96 Å². The third kappa shape index (κ3) is 6.24. The number of rotatable bonds is 5. The lowest BCUT2D eigenvalue weighted by molar-refractivity contribution is -0.0817. The average Bonchev–Trinajstić information content (AvgIpc) is 3.17. The molecule has 8 heteroatoms. The van der Waals surface area contributed by atoms with Gasteiger partial charge < -0.3 is 24.4 Å². The van der Waals surface area contributed by atoms with Crippen molar-refractivity contribution in [2.75, 3.05) is 46.5 Å². The highest BCUT2D eigenvalue weighted by molar-refractivity contribution is 14.0. The molecule has 1 aromatic rings. The van der Waals surface area contributed by atoms with Crippen LogP contribution < -0.4 is 10.1 Å². The van der Waals surface area contributed by atoms with Crippen LogP contribution in [-0.4, -0.2) is 69.6 Å². The third-order valence-electron chi connectivity index (χ3n) is 4.43. The molecular weight excluding hydrogens is 513 g/mol. The monoisotopic (exact) mass is 539 g/mol. The van der Waals surface area contributed by atoms with Crippen LogP contribution >= 0.6 is 39.9 Å². The van der Waals surface area contributed by atoms with Gasteiger partial charge in [-0.2, -0.15) is 0 Å². The lowest BCUT2D eigenvalue weighted by Crippen LogP contribution is -2.53. The topological polar surface area (TPSA) is 55.3 Å². The van der Waals surface area contributed by atoms with E-state index < -0.39 is 0 Å². The van der Waals surface area contributed by atoms with Crippen molar-refractivity contribution >= 4 is 45.9 Å². The van der Waals surface area contributed by atoms with E-state index in [2.05, 4.69) is 31.1 Å². The first-order valence-corrected chi connectivity index (χ1v) is 9.63. The molecule has 0 spiro atoms. The molecule has 2 aliphatic heterocycles. The first kappa shape index (κ1) is 21.7. The van der Waals surface area contributed by atoms with Crippen LogP contribution in [0.15, 0.2) is 33.7 Å². The molecule has 2 unspecified atom stereocenters. The number of hydrogen-bond donors (Lipinski definition) is 1. The van der Waals surface area contributed by atoms with Crippen molar-refractivity contribution in [2.45, 2.75) is 25.0 Å². The van der Waals surface area contributed by atoms with E-state index in [4.69, 9.17) is 14.2 Å². The molecule has 1 N–H and O–H groups in total. The Morgan fingerprint density at radius 1 is 1.35 bits per heavy atom. The van der Waals surface area contributed by atoms with Gasteiger partial charge in [0.25, 0.3) is 0 Å². The van der Waals surface area contributed by atoms with Gasteiger partial charge in [-0.05, 0) is 31.0 Å². The molecule has 3 rings (SSSR count). The second-order valence-electron chi connectivity index (χ2n) is 6.19. The van der Waals surface area contributed by atoms with E-state index in [0.29, 0.717) is 19.8 Å². The minimum absolute atomic E-state index is 0. The summed E-state index contributed by atoms with van der Waals surface area (Å²) in [5.41, 5.74) is 0. The molecule has 146 valence electrons. The van der Waals surface area contributed by atoms with Crippen molar-refractivity contribution in [3.8, 4) is 5.75 Å². The van der Waals surface area contributed by atoms with Gasteiger partial charge in [0.1, 0.15) is 18.5 Å². The molecule has 2 fully saturated rings. The Balaban J connectivity index is 0.00000243. The first-order chi connectivity index (χ1) is 12.3. The number of aliphatic imine (C=N–C) groups is 1. The van der Waals surface area contributed by atoms with Crippen molar-refractivity contribution in [1.29, 1.82) is 0 Å². The van der Waals surface area contributed by atoms with E-state index >= 15 is 0 Å². The van der Waals surface area contributed by atoms with E-state index in [9.17, 15) is 0 Å². The predicted molar refractivity (Wildman–Crippen MR) is 117 cm³/mol. The van der Waals surface area contributed by atoms with E-state index in [0.717, 1.165) is 48.7 Å². The molecule has 1 aromatic carbocycles. The summed E-state index contributed by atoms with van der Waals surface area (Å²) < 4.78 is 18.5. The fourth-order valence-electron chi connectivity index (χ4n) is 3.21. The highest BCUT2D eigenvalue weighted by Gasteiger charge is 2.32. The quantitative estimate of drug-likeness (QED) is 0.270. The number of morpholine rings is 1.